The SMILES string of the molecule is CC(=O)N(CCC(=O)N1CCC(C)CC1)C(C)C. The number of carbonyl (C=O) groups excluding carboxylic acids is 2. The van der Waals surface area contributed by atoms with Gasteiger partial charge in [0.25, 0.3) is 0 Å². The molecule has 1 saturated heterocycles. The summed E-state index contributed by atoms with van der Waals surface area (Å²) in [6.45, 7) is 10.1. The molecule has 1 heterocycles. The van der Waals surface area contributed by atoms with Crippen molar-refractivity contribution in [1.29, 1.82) is 0 Å². The summed E-state index contributed by atoms with van der Waals surface area (Å²) >= 11 is 0. The van der Waals surface area contributed by atoms with Crippen molar-refractivity contribution < 1.29 is 9.59 Å². The van der Waals surface area contributed by atoms with Gasteiger partial charge in [0.05, 0.1) is 0 Å². The molecule has 0 bridgehead atoms. The second-order valence-electron chi connectivity index (χ2n) is 5.62. The molecule has 1 fully saturated rings. The van der Waals surface area contributed by atoms with Crippen molar-refractivity contribution >= 4 is 11.8 Å². The van der Waals surface area contributed by atoms with E-state index in [2.05, 4.69) is 6.92 Å². The number of likely N-dealkylation sites (tertiary alicyclic amines) is 1. The predicted molar refractivity (Wildman–Crippen MR) is 72.1 cm³/mol. The van der Waals surface area contributed by atoms with Gasteiger partial charge in [-0.1, -0.05) is 6.92 Å². The Hall–Kier alpha value is -1.06. The average molecular weight is 254 g/mol. The zero-order valence-electron chi connectivity index (χ0n) is 12.1. The summed E-state index contributed by atoms with van der Waals surface area (Å²) in [6.07, 6.45) is 2.66. The van der Waals surface area contributed by atoms with Crippen molar-refractivity contribution in [2.45, 2.75) is 53.0 Å². The molecule has 4 nitrogen and oxygen atoms in total. The summed E-state index contributed by atoms with van der Waals surface area (Å²) in [5.74, 6) is 0.970. The van der Waals surface area contributed by atoms with Gasteiger partial charge in [-0.3, -0.25) is 9.59 Å². The molecule has 0 N–H and O–H groups in total. The smallest absolute Gasteiger partial charge is 0.224 e. The number of amides is 2. The van der Waals surface area contributed by atoms with E-state index in [1.165, 1.54) is 0 Å². The van der Waals surface area contributed by atoms with E-state index in [-0.39, 0.29) is 17.9 Å². The van der Waals surface area contributed by atoms with Gasteiger partial charge < -0.3 is 9.80 Å². The molecule has 18 heavy (non-hydrogen) atoms. The molecule has 0 unspecified atom stereocenters. The molecule has 0 spiro atoms. The van der Waals surface area contributed by atoms with E-state index in [1.54, 1.807) is 11.8 Å². The molecule has 0 atom stereocenters. The zero-order valence-corrected chi connectivity index (χ0v) is 12.1. The molecule has 1 aliphatic heterocycles. The minimum absolute atomic E-state index is 0.0464. The van der Waals surface area contributed by atoms with Crippen molar-refractivity contribution in [2.24, 2.45) is 5.92 Å². The Morgan fingerprint density at radius 3 is 2.28 bits per heavy atom. The second kappa shape index (κ2) is 6.76. The van der Waals surface area contributed by atoms with E-state index in [9.17, 15) is 9.59 Å². The van der Waals surface area contributed by atoms with E-state index in [0.29, 0.717) is 13.0 Å². The molecule has 104 valence electrons. The molecule has 0 radical (unpaired) electrons. The molecule has 0 aromatic rings. The fourth-order valence-corrected chi connectivity index (χ4v) is 2.41. The largest absolute Gasteiger partial charge is 0.343 e. The van der Waals surface area contributed by atoms with E-state index >= 15 is 0 Å². The van der Waals surface area contributed by atoms with Gasteiger partial charge in [0.1, 0.15) is 0 Å². The third-order valence-electron chi connectivity index (χ3n) is 3.73. The molecule has 1 aliphatic rings. The fourth-order valence-electron chi connectivity index (χ4n) is 2.41. The number of carbonyl (C=O) groups is 2. The lowest BCUT2D eigenvalue weighted by Gasteiger charge is -2.31. The third kappa shape index (κ3) is 4.31. The fraction of sp³-hybridized carbons (Fsp3) is 0.857. The van der Waals surface area contributed by atoms with Gasteiger partial charge in [0.15, 0.2) is 0 Å². The first-order valence-electron chi connectivity index (χ1n) is 6.96. The van der Waals surface area contributed by atoms with Crippen LogP contribution in [0.2, 0.25) is 0 Å². The van der Waals surface area contributed by atoms with Gasteiger partial charge >= 0.3 is 0 Å². The first-order chi connectivity index (χ1) is 8.41. The quantitative estimate of drug-likeness (QED) is 0.768. The normalized spacial score (nSPS) is 17.1. The van der Waals surface area contributed by atoms with Crippen molar-refractivity contribution in [3.8, 4) is 0 Å². The molecule has 1 rings (SSSR count). The lowest BCUT2D eigenvalue weighted by molar-refractivity contribution is -0.135. The predicted octanol–water partition coefficient (Wildman–Crippen LogP) is 1.89. The first kappa shape index (κ1) is 15.0. The van der Waals surface area contributed by atoms with Gasteiger partial charge in [-0.15, -0.1) is 0 Å². The Morgan fingerprint density at radius 2 is 1.83 bits per heavy atom. The maximum atomic E-state index is 12.0. The topological polar surface area (TPSA) is 40.6 Å². The summed E-state index contributed by atoms with van der Waals surface area (Å²) < 4.78 is 0. The Kier molecular flexibility index (Phi) is 5.63. The summed E-state index contributed by atoms with van der Waals surface area (Å²) in [4.78, 5) is 27.2. The number of nitrogens with zero attached hydrogens (tertiary/aromatic N) is 2. The van der Waals surface area contributed by atoms with E-state index < -0.39 is 0 Å². The van der Waals surface area contributed by atoms with Crippen molar-refractivity contribution in [3.63, 3.8) is 0 Å². The Labute approximate surface area is 110 Å². The van der Waals surface area contributed by atoms with Crippen LogP contribution in [0.1, 0.15) is 47.0 Å². The van der Waals surface area contributed by atoms with Crippen LogP contribution < -0.4 is 0 Å². The van der Waals surface area contributed by atoms with E-state index in [1.807, 2.05) is 18.7 Å². The van der Waals surface area contributed by atoms with Crippen LogP contribution in [-0.4, -0.2) is 47.3 Å². The highest BCUT2D eigenvalue weighted by Crippen LogP contribution is 2.16. The minimum atomic E-state index is 0.0464. The van der Waals surface area contributed by atoms with Crippen LogP contribution in [0.15, 0.2) is 0 Å². The minimum Gasteiger partial charge on any atom is -0.343 e. The van der Waals surface area contributed by atoms with Crippen molar-refractivity contribution in [2.75, 3.05) is 19.6 Å². The second-order valence-corrected chi connectivity index (χ2v) is 5.62. The molecule has 0 aromatic heterocycles. The monoisotopic (exact) mass is 254 g/mol. The highest BCUT2D eigenvalue weighted by atomic mass is 16.2. The number of hydrogen-bond donors (Lipinski definition) is 0. The maximum absolute atomic E-state index is 12.0. The first-order valence-corrected chi connectivity index (χ1v) is 6.96. The Balaban J connectivity index is 2.38. The lowest BCUT2D eigenvalue weighted by Crippen LogP contribution is -2.41. The van der Waals surface area contributed by atoms with Crippen LogP contribution >= 0.6 is 0 Å². The van der Waals surface area contributed by atoms with Crippen LogP contribution in [0.4, 0.5) is 0 Å². The molecule has 4 heteroatoms. The standard InChI is InChI=1S/C14H26N2O2/c1-11(2)16(13(4)17)10-7-14(18)15-8-5-12(3)6-9-15/h11-12H,5-10H2,1-4H3. The molecular weight excluding hydrogens is 228 g/mol. The summed E-state index contributed by atoms with van der Waals surface area (Å²) in [5, 5.41) is 0. The average Bonchev–Trinajstić information content (AvgIpc) is 2.28. The molecule has 0 saturated carbocycles. The van der Waals surface area contributed by atoms with Gasteiger partial charge in [-0.2, -0.15) is 0 Å². The molecule has 0 aromatic carbocycles. The number of hydrogen-bond acceptors (Lipinski definition) is 2. The van der Waals surface area contributed by atoms with Crippen molar-refractivity contribution in [1.82, 2.24) is 9.80 Å². The van der Waals surface area contributed by atoms with Crippen LogP contribution in [-0.2, 0) is 9.59 Å². The van der Waals surface area contributed by atoms with Gasteiger partial charge in [-0.05, 0) is 32.6 Å². The van der Waals surface area contributed by atoms with Crippen LogP contribution in [0.3, 0.4) is 0 Å². The number of piperidine rings is 1. The summed E-state index contributed by atoms with van der Waals surface area (Å²) in [6, 6.07) is 0.164. The highest BCUT2D eigenvalue weighted by Gasteiger charge is 2.21. The van der Waals surface area contributed by atoms with Crippen LogP contribution in [0, 0.1) is 5.92 Å². The zero-order chi connectivity index (χ0) is 13.7. The summed E-state index contributed by atoms with van der Waals surface area (Å²) in [7, 11) is 0. The number of rotatable bonds is 4. The van der Waals surface area contributed by atoms with E-state index in [0.717, 1.165) is 31.8 Å². The van der Waals surface area contributed by atoms with Gasteiger partial charge in [0, 0.05) is 39.0 Å². The lowest BCUT2D eigenvalue weighted by atomic mass is 9.99. The summed E-state index contributed by atoms with van der Waals surface area (Å²) in [5.41, 5.74) is 0. The molecular formula is C14H26N2O2. The molecule has 0 aliphatic carbocycles. The van der Waals surface area contributed by atoms with Crippen molar-refractivity contribution in [3.05, 3.63) is 0 Å². The molecule has 2 amide bonds. The van der Waals surface area contributed by atoms with Gasteiger partial charge in [0.2, 0.25) is 11.8 Å². The maximum Gasteiger partial charge on any atom is 0.224 e. The third-order valence-corrected chi connectivity index (χ3v) is 3.73. The highest BCUT2D eigenvalue weighted by molar-refractivity contribution is 5.78. The van der Waals surface area contributed by atoms with Crippen LogP contribution in [0.5, 0.6) is 0 Å². The van der Waals surface area contributed by atoms with E-state index in [4.69, 9.17) is 0 Å². The Morgan fingerprint density at radius 1 is 1.28 bits per heavy atom. The Bertz CT molecular complexity index is 294. The van der Waals surface area contributed by atoms with Gasteiger partial charge in [-0.25, -0.2) is 0 Å². The van der Waals surface area contributed by atoms with Crippen LogP contribution in [0.25, 0.3) is 0 Å².